The van der Waals surface area contributed by atoms with Crippen LogP contribution in [-0.4, -0.2) is 0 Å². The zero-order chi connectivity index (χ0) is 14.1. The summed E-state index contributed by atoms with van der Waals surface area (Å²) in [7, 11) is 0. The molecule has 0 radical (unpaired) electrons. The molecule has 0 aliphatic carbocycles. The zero-order valence-corrected chi connectivity index (χ0v) is 13.1. The van der Waals surface area contributed by atoms with Gasteiger partial charge in [0.25, 0.3) is 0 Å². The lowest BCUT2D eigenvalue weighted by atomic mass is 10.2. The van der Waals surface area contributed by atoms with Gasteiger partial charge in [-0.05, 0) is 49.1 Å². The van der Waals surface area contributed by atoms with Crippen LogP contribution in [0.25, 0.3) is 10.1 Å². The number of hydrogen-bond donors (Lipinski definition) is 1. The Bertz CT molecular complexity index is 715. The van der Waals surface area contributed by atoms with Gasteiger partial charge in [0.2, 0.25) is 0 Å². The van der Waals surface area contributed by atoms with Crippen LogP contribution in [-0.2, 0) is 0 Å². The first kappa shape index (κ1) is 13.5. The molecule has 1 N–H and O–H groups in total. The number of fused-ring (bicyclic) bond motifs is 1. The van der Waals surface area contributed by atoms with E-state index in [0.29, 0.717) is 0 Å². The maximum absolute atomic E-state index is 6.28. The van der Waals surface area contributed by atoms with E-state index in [0.717, 1.165) is 10.7 Å². The summed E-state index contributed by atoms with van der Waals surface area (Å²) < 4.78 is 1.33. The Morgan fingerprint density at radius 2 is 1.90 bits per heavy atom. The number of benzene rings is 2. The molecule has 20 heavy (non-hydrogen) atoms. The van der Waals surface area contributed by atoms with E-state index >= 15 is 0 Å². The van der Waals surface area contributed by atoms with Gasteiger partial charge in [0.15, 0.2) is 0 Å². The van der Waals surface area contributed by atoms with E-state index in [4.69, 9.17) is 11.6 Å². The van der Waals surface area contributed by atoms with E-state index in [1.165, 1.54) is 20.5 Å². The summed E-state index contributed by atoms with van der Waals surface area (Å²) in [5.74, 6) is 0. The van der Waals surface area contributed by atoms with Gasteiger partial charge >= 0.3 is 0 Å². The molecule has 0 aliphatic heterocycles. The average molecular weight is 302 g/mol. The first-order chi connectivity index (χ1) is 9.63. The molecule has 1 nitrogen and oxygen atoms in total. The second-order valence-corrected chi connectivity index (χ2v) is 6.56. The van der Waals surface area contributed by atoms with Crippen LogP contribution in [0.1, 0.15) is 23.4 Å². The summed E-state index contributed by atoms with van der Waals surface area (Å²) in [6.45, 7) is 4.21. The first-order valence-corrected chi connectivity index (χ1v) is 7.84. The number of hydrogen-bond acceptors (Lipinski definition) is 2. The van der Waals surface area contributed by atoms with Crippen LogP contribution in [0, 0.1) is 6.92 Å². The summed E-state index contributed by atoms with van der Waals surface area (Å²) in [5.41, 5.74) is 2.16. The van der Waals surface area contributed by atoms with Crippen LogP contribution < -0.4 is 5.32 Å². The maximum Gasteiger partial charge on any atom is 0.0640 e. The number of rotatable bonds is 3. The van der Waals surface area contributed by atoms with Crippen molar-refractivity contribution in [3.63, 3.8) is 0 Å². The van der Waals surface area contributed by atoms with Gasteiger partial charge < -0.3 is 5.32 Å². The summed E-state index contributed by atoms with van der Waals surface area (Å²) in [5, 5.41) is 5.57. The zero-order valence-electron chi connectivity index (χ0n) is 11.5. The van der Waals surface area contributed by atoms with E-state index in [1.807, 2.05) is 30.4 Å². The van der Waals surface area contributed by atoms with Gasteiger partial charge in [-0.3, -0.25) is 0 Å². The Labute approximate surface area is 128 Å². The highest BCUT2D eigenvalue weighted by Gasteiger charge is 2.11. The van der Waals surface area contributed by atoms with Gasteiger partial charge in [0.05, 0.1) is 16.8 Å². The van der Waals surface area contributed by atoms with Crippen molar-refractivity contribution < 1.29 is 0 Å². The second kappa shape index (κ2) is 5.47. The van der Waals surface area contributed by atoms with E-state index in [9.17, 15) is 0 Å². The SMILES string of the molecule is Cc1ccc(NC(C)c2cc3ccccc3s2)c(Cl)c1. The van der Waals surface area contributed by atoms with E-state index < -0.39 is 0 Å². The molecule has 3 aromatic rings. The average Bonchev–Trinajstić information content (AvgIpc) is 2.86. The third-order valence-electron chi connectivity index (χ3n) is 3.37. The highest BCUT2D eigenvalue weighted by Crippen LogP contribution is 2.33. The number of halogens is 1. The van der Waals surface area contributed by atoms with E-state index in [1.54, 1.807) is 0 Å². The fourth-order valence-corrected chi connectivity index (χ4v) is 3.61. The molecule has 3 rings (SSSR count). The Morgan fingerprint density at radius 1 is 1.10 bits per heavy atom. The molecule has 0 fully saturated rings. The summed E-state index contributed by atoms with van der Waals surface area (Å²) >= 11 is 8.11. The van der Waals surface area contributed by atoms with E-state index in [-0.39, 0.29) is 6.04 Å². The predicted octanol–water partition coefficient (Wildman–Crippen LogP) is 6.04. The minimum atomic E-state index is 0.243. The van der Waals surface area contributed by atoms with Gasteiger partial charge in [0, 0.05) is 9.58 Å². The molecule has 102 valence electrons. The van der Waals surface area contributed by atoms with E-state index in [2.05, 4.69) is 48.6 Å². The smallest absolute Gasteiger partial charge is 0.0640 e. The minimum Gasteiger partial charge on any atom is -0.377 e. The molecule has 0 spiro atoms. The van der Waals surface area contributed by atoms with Crippen LogP contribution in [0.2, 0.25) is 5.02 Å². The van der Waals surface area contributed by atoms with Crippen LogP contribution in [0.3, 0.4) is 0 Å². The largest absolute Gasteiger partial charge is 0.377 e. The lowest BCUT2D eigenvalue weighted by Gasteiger charge is -2.15. The lowest BCUT2D eigenvalue weighted by molar-refractivity contribution is 0.909. The first-order valence-electron chi connectivity index (χ1n) is 6.64. The van der Waals surface area contributed by atoms with Crippen molar-refractivity contribution >= 4 is 38.7 Å². The summed E-state index contributed by atoms with van der Waals surface area (Å²) in [6.07, 6.45) is 0. The number of anilines is 1. The van der Waals surface area contributed by atoms with Crippen molar-refractivity contribution in [2.45, 2.75) is 19.9 Å². The molecule has 0 bridgehead atoms. The number of nitrogens with one attached hydrogen (secondary N) is 1. The van der Waals surface area contributed by atoms with Gasteiger partial charge in [-0.15, -0.1) is 11.3 Å². The van der Waals surface area contributed by atoms with Crippen molar-refractivity contribution in [3.05, 3.63) is 64.0 Å². The normalized spacial score (nSPS) is 12.6. The lowest BCUT2D eigenvalue weighted by Crippen LogP contribution is -2.05. The Kier molecular flexibility index (Phi) is 3.68. The quantitative estimate of drug-likeness (QED) is 0.622. The molecular weight excluding hydrogens is 286 g/mol. The highest BCUT2D eigenvalue weighted by molar-refractivity contribution is 7.19. The molecule has 0 aliphatic rings. The van der Waals surface area contributed by atoms with Crippen LogP contribution in [0.4, 0.5) is 5.69 Å². The molecule has 1 atom stereocenters. The molecule has 1 aromatic heterocycles. The highest BCUT2D eigenvalue weighted by atomic mass is 35.5. The van der Waals surface area contributed by atoms with Crippen molar-refractivity contribution in [1.82, 2.24) is 0 Å². The van der Waals surface area contributed by atoms with Crippen LogP contribution in [0.15, 0.2) is 48.5 Å². The molecule has 0 amide bonds. The Morgan fingerprint density at radius 3 is 2.65 bits per heavy atom. The second-order valence-electron chi connectivity index (χ2n) is 5.04. The van der Waals surface area contributed by atoms with Crippen LogP contribution >= 0.6 is 22.9 Å². The standard InChI is InChI=1S/C17H16ClNS/c1-11-7-8-15(14(18)9-11)19-12(2)17-10-13-5-3-4-6-16(13)20-17/h3-10,12,19H,1-2H3. The Hall–Kier alpha value is -1.51. The van der Waals surface area contributed by atoms with Crippen molar-refractivity contribution in [2.24, 2.45) is 0 Å². The van der Waals surface area contributed by atoms with Crippen molar-refractivity contribution in [2.75, 3.05) is 5.32 Å². The Balaban J connectivity index is 1.86. The molecule has 0 saturated heterocycles. The van der Waals surface area contributed by atoms with Crippen molar-refractivity contribution in [3.8, 4) is 0 Å². The third-order valence-corrected chi connectivity index (χ3v) is 4.98. The molecule has 2 aromatic carbocycles. The summed E-state index contributed by atoms with van der Waals surface area (Å²) in [4.78, 5) is 1.32. The maximum atomic E-state index is 6.28. The third kappa shape index (κ3) is 2.67. The van der Waals surface area contributed by atoms with Crippen molar-refractivity contribution in [1.29, 1.82) is 0 Å². The number of aryl methyl sites for hydroxylation is 1. The molecule has 0 saturated carbocycles. The molecular formula is C17H16ClNS. The van der Waals surface area contributed by atoms with Crippen LogP contribution in [0.5, 0.6) is 0 Å². The van der Waals surface area contributed by atoms with Gasteiger partial charge in [-0.2, -0.15) is 0 Å². The minimum absolute atomic E-state index is 0.243. The fraction of sp³-hybridized carbons (Fsp3) is 0.176. The van der Waals surface area contributed by atoms with Gasteiger partial charge in [-0.1, -0.05) is 35.9 Å². The van der Waals surface area contributed by atoms with Gasteiger partial charge in [0.1, 0.15) is 0 Å². The fourth-order valence-electron chi connectivity index (χ4n) is 2.26. The molecule has 3 heteroatoms. The number of thiophene rings is 1. The summed E-state index contributed by atoms with van der Waals surface area (Å²) in [6, 6.07) is 17.1. The topological polar surface area (TPSA) is 12.0 Å². The molecule has 1 heterocycles. The monoisotopic (exact) mass is 301 g/mol. The predicted molar refractivity (Wildman–Crippen MR) is 90.1 cm³/mol. The molecule has 1 unspecified atom stereocenters. The van der Waals surface area contributed by atoms with Gasteiger partial charge in [-0.25, -0.2) is 0 Å².